The molecule has 0 aromatic carbocycles. The summed E-state index contributed by atoms with van der Waals surface area (Å²) in [5, 5.41) is 11.0. The predicted octanol–water partition coefficient (Wildman–Crippen LogP) is 3.92. The monoisotopic (exact) mass is 281 g/mol. The largest absolute Gasteiger partial charge is 0.481 e. The molecule has 2 unspecified atom stereocenters. The van der Waals surface area contributed by atoms with Crippen molar-refractivity contribution in [2.24, 2.45) is 0 Å². The summed E-state index contributed by atoms with van der Waals surface area (Å²) < 4.78 is 0. The molecule has 106 valence electrons. The summed E-state index contributed by atoms with van der Waals surface area (Å²) in [5.74, 6) is -0.672. The zero-order valence-corrected chi connectivity index (χ0v) is 12.4. The number of carbonyl (C=O) groups is 1. The van der Waals surface area contributed by atoms with Crippen LogP contribution in [0.25, 0.3) is 0 Å². The summed E-state index contributed by atoms with van der Waals surface area (Å²) in [6.45, 7) is 3.34. The molecule has 0 aliphatic carbocycles. The van der Waals surface area contributed by atoms with Gasteiger partial charge in [-0.1, -0.05) is 19.4 Å². The van der Waals surface area contributed by atoms with Crippen LogP contribution >= 0.6 is 11.3 Å². The number of rotatable bonds is 6. The first-order valence-corrected chi connectivity index (χ1v) is 8.11. The normalized spacial score (nSPS) is 22.3. The fourth-order valence-electron chi connectivity index (χ4n) is 3.11. The fourth-order valence-corrected chi connectivity index (χ4v) is 4.04. The molecule has 2 heterocycles. The lowest BCUT2D eigenvalue weighted by Crippen LogP contribution is -2.41. The Balaban J connectivity index is 2.06. The molecule has 1 saturated heterocycles. The van der Waals surface area contributed by atoms with Crippen molar-refractivity contribution in [1.29, 1.82) is 0 Å². The first kappa shape index (κ1) is 14.5. The lowest BCUT2D eigenvalue weighted by atomic mass is 9.94. The molecule has 1 aliphatic heterocycles. The molecule has 0 spiro atoms. The van der Waals surface area contributed by atoms with Crippen LogP contribution < -0.4 is 0 Å². The molecular formula is C15H23NO2S. The van der Waals surface area contributed by atoms with Gasteiger partial charge in [-0.05, 0) is 43.7 Å². The predicted molar refractivity (Wildman–Crippen MR) is 78.6 cm³/mol. The van der Waals surface area contributed by atoms with E-state index < -0.39 is 5.97 Å². The minimum Gasteiger partial charge on any atom is -0.481 e. The molecule has 3 nitrogen and oxygen atoms in total. The van der Waals surface area contributed by atoms with Crippen molar-refractivity contribution in [3.63, 3.8) is 0 Å². The number of thiophene rings is 1. The van der Waals surface area contributed by atoms with Gasteiger partial charge in [-0.3, -0.25) is 9.69 Å². The average Bonchev–Trinajstić information content (AvgIpc) is 2.92. The molecular weight excluding hydrogens is 258 g/mol. The molecule has 0 radical (unpaired) electrons. The summed E-state index contributed by atoms with van der Waals surface area (Å²) in [4.78, 5) is 14.8. The van der Waals surface area contributed by atoms with Gasteiger partial charge in [0.05, 0.1) is 0 Å². The maximum atomic E-state index is 10.8. The second kappa shape index (κ2) is 7.06. The first-order valence-electron chi connectivity index (χ1n) is 7.23. The van der Waals surface area contributed by atoms with Crippen molar-refractivity contribution < 1.29 is 9.90 Å². The van der Waals surface area contributed by atoms with Crippen molar-refractivity contribution >= 4 is 17.3 Å². The van der Waals surface area contributed by atoms with E-state index in [1.54, 1.807) is 0 Å². The summed E-state index contributed by atoms with van der Waals surface area (Å²) in [6, 6.07) is 5.23. The summed E-state index contributed by atoms with van der Waals surface area (Å²) in [6.07, 6.45) is 5.81. The maximum Gasteiger partial charge on any atom is 0.303 e. The second-order valence-corrected chi connectivity index (χ2v) is 6.24. The van der Waals surface area contributed by atoms with Crippen LogP contribution in [0.2, 0.25) is 0 Å². The molecule has 1 aromatic heterocycles. The Bertz CT molecular complexity index is 391. The van der Waals surface area contributed by atoms with Crippen molar-refractivity contribution in [2.75, 3.05) is 6.54 Å². The Hall–Kier alpha value is -0.870. The van der Waals surface area contributed by atoms with Crippen LogP contribution in [-0.2, 0) is 4.79 Å². The molecule has 4 heteroatoms. The summed E-state index contributed by atoms with van der Waals surface area (Å²) in [7, 11) is 0. The molecule has 0 amide bonds. The molecule has 0 bridgehead atoms. The zero-order valence-electron chi connectivity index (χ0n) is 11.5. The van der Waals surface area contributed by atoms with E-state index in [0.717, 1.165) is 25.8 Å². The van der Waals surface area contributed by atoms with E-state index in [9.17, 15) is 4.79 Å². The molecule has 1 aromatic rings. The smallest absolute Gasteiger partial charge is 0.303 e. The van der Waals surface area contributed by atoms with Crippen LogP contribution in [0, 0.1) is 0 Å². The van der Waals surface area contributed by atoms with Crippen LogP contribution in [0.5, 0.6) is 0 Å². The van der Waals surface area contributed by atoms with E-state index in [0.29, 0.717) is 18.5 Å². The van der Waals surface area contributed by atoms with Gasteiger partial charge in [0, 0.05) is 23.4 Å². The van der Waals surface area contributed by atoms with Crippen LogP contribution in [0.1, 0.15) is 56.4 Å². The van der Waals surface area contributed by atoms with Crippen molar-refractivity contribution in [3.05, 3.63) is 22.4 Å². The van der Waals surface area contributed by atoms with Gasteiger partial charge in [0.25, 0.3) is 0 Å². The first-order chi connectivity index (χ1) is 9.22. The number of aliphatic carboxylic acids is 1. The Kier molecular flexibility index (Phi) is 5.40. The van der Waals surface area contributed by atoms with Crippen molar-refractivity contribution in [1.82, 2.24) is 4.90 Å². The van der Waals surface area contributed by atoms with E-state index >= 15 is 0 Å². The lowest BCUT2D eigenvalue weighted by molar-refractivity contribution is -0.137. The highest BCUT2D eigenvalue weighted by Crippen LogP contribution is 2.34. The number of carboxylic acid groups (broad SMARTS) is 1. The zero-order chi connectivity index (χ0) is 13.7. The van der Waals surface area contributed by atoms with Gasteiger partial charge in [-0.2, -0.15) is 0 Å². The van der Waals surface area contributed by atoms with Gasteiger partial charge in [0.15, 0.2) is 0 Å². The highest BCUT2D eigenvalue weighted by atomic mass is 32.1. The van der Waals surface area contributed by atoms with Crippen LogP contribution in [-0.4, -0.2) is 28.6 Å². The van der Waals surface area contributed by atoms with E-state index in [4.69, 9.17) is 5.11 Å². The minimum atomic E-state index is -0.672. The maximum absolute atomic E-state index is 10.8. The molecule has 2 rings (SSSR count). The highest BCUT2D eigenvalue weighted by Gasteiger charge is 2.29. The number of nitrogens with zero attached hydrogens (tertiary/aromatic N) is 1. The highest BCUT2D eigenvalue weighted by molar-refractivity contribution is 7.10. The third-order valence-electron chi connectivity index (χ3n) is 4.02. The van der Waals surface area contributed by atoms with Gasteiger partial charge >= 0.3 is 5.97 Å². The molecule has 0 saturated carbocycles. The van der Waals surface area contributed by atoms with Crippen molar-refractivity contribution in [3.8, 4) is 0 Å². The van der Waals surface area contributed by atoms with Crippen molar-refractivity contribution in [2.45, 2.75) is 57.5 Å². The SMILES string of the molecule is CCC(c1cccs1)N1CCCCC1CCC(=O)O. The number of piperidine rings is 1. The van der Waals surface area contributed by atoms with Gasteiger partial charge in [0.1, 0.15) is 0 Å². The van der Waals surface area contributed by atoms with Gasteiger partial charge < -0.3 is 5.11 Å². The molecule has 2 atom stereocenters. The quantitative estimate of drug-likeness (QED) is 0.859. The number of likely N-dealkylation sites (tertiary alicyclic amines) is 1. The van der Waals surface area contributed by atoms with Gasteiger partial charge in [-0.25, -0.2) is 0 Å². The standard InChI is InChI=1S/C15H23NO2S/c1-2-13(14-7-5-11-19-14)16-10-4-3-6-12(16)8-9-15(17)18/h5,7,11-13H,2-4,6,8-10H2,1H3,(H,17,18). The number of hydrogen-bond donors (Lipinski definition) is 1. The molecule has 1 N–H and O–H groups in total. The average molecular weight is 281 g/mol. The van der Waals surface area contributed by atoms with E-state index in [1.807, 2.05) is 11.3 Å². The van der Waals surface area contributed by atoms with Gasteiger partial charge in [0.2, 0.25) is 0 Å². The Morgan fingerprint density at radius 3 is 3.05 bits per heavy atom. The molecule has 1 fully saturated rings. The van der Waals surface area contributed by atoms with E-state index in [2.05, 4.69) is 29.3 Å². The third kappa shape index (κ3) is 3.80. The fraction of sp³-hybridized carbons (Fsp3) is 0.667. The Morgan fingerprint density at radius 1 is 1.58 bits per heavy atom. The molecule has 19 heavy (non-hydrogen) atoms. The number of hydrogen-bond acceptors (Lipinski definition) is 3. The third-order valence-corrected chi connectivity index (χ3v) is 5.00. The summed E-state index contributed by atoms with van der Waals surface area (Å²) in [5.41, 5.74) is 0. The Morgan fingerprint density at radius 2 is 2.42 bits per heavy atom. The summed E-state index contributed by atoms with van der Waals surface area (Å²) >= 11 is 1.82. The minimum absolute atomic E-state index is 0.294. The lowest BCUT2D eigenvalue weighted by Gasteiger charge is -2.40. The van der Waals surface area contributed by atoms with Gasteiger partial charge in [-0.15, -0.1) is 11.3 Å². The van der Waals surface area contributed by atoms with E-state index in [1.165, 1.54) is 17.7 Å². The molecule has 1 aliphatic rings. The van der Waals surface area contributed by atoms with Crippen LogP contribution in [0.3, 0.4) is 0 Å². The number of carboxylic acids is 1. The topological polar surface area (TPSA) is 40.5 Å². The van der Waals surface area contributed by atoms with E-state index in [-0.39, 0.29) is 0 Å². The Labute approximate surface area is 119 Å². The van der Waals surface area contributed by atoms with Crippen LogP contribution in [0.15, 0.2) is 17.5 Å². The second-order valence-electron chi connectivity index (χ2n) is 5.26. The van der Waals surface area contributed by atoms with Crippen LogP contribution in [0.4, 0.5) is 0 Å².